The maximum absolute atomic E-state index is 4.50. The van der Waals surface area contributed by atoms with Gasteiger partial charge >= 0.3 is 0 Å². The molecule has 0 N–H and O–H groups in total. The average molecular weight is 224 g/mol. The second-order valence-corrected chi connectivity index (χ2v) is 4.65. The van der Waals surface area contributed by atoms with Crippen molar-refractivity contribution < 1.29 is 0 Å². The van der Waals surface area contributed by atoms with Crippen LogP contribution in [0, 0.1) is 0 Å². The third-order valence-corrected chi connectivity index (χ3v) is 3.66. The molecular formula is C8H8N4S2. The lowest BCUT2D eigenvalue weighted by atomic mass is 10.3. The van der Waals surface area contributed by atoms with Crippen LogP contribution in [-0.2, 0) is 0 Å². The average Bonchev–Trinajstić information content (AvgIpc) is 2.82. The number of hydrazone groups is 1. The summed E-state index contributed by atoms with van der Waals surface area (Å²) in [7, 11) is 0. The minimum absolute atomic E-state index is 0.789. The highest BCUT2D eigenvalue weighted by molar-refractivity contribution is 7.96. The Hall–Kier alpha value is -1.01. The van der Waals surface area contributed by atoms with Gasteiger partial charge in [-0.2, -0.15) is 0 Å². The predicted molar refractivity (Wildman–Crippen MR) is 61.1 cm³/mol. The van der Waals surface area contributed by atoms with Gasteiger partial charge in [0.1, 0.15) is 6.67 Å². The molecule has 0 aromatic carbocycles. The normalized spacial score (nSPS) is 18.2. The van der Waals surface area contributed by atoms with Crippen LogP contribution >= 0.6 is 23.3 Å². The third-order valence-electron chi connectivity index (χ3n) is 2.15. The van der Waals surface area contributed by atoms with Crippen LogP contribution in [0.4, 0.5) is 5.69 Å². The first-order valence-corrected chi connectivity index (χ1v) is 6.23. The molecule has 0 amide bonds. The molecule has 0 saturated heterocycles. The smallest absolute Gasteiger partial charge is 0.176 e. The lowest BCUT2D eigenvalue weighted by Crippen LogP contribution is -2.29. The molecule has 14 heavy (non-hydrogen) atoms. The Balaban J connectivity index is 2.08. The van der Waals surface area contributed by atoms with Crippen molar-refractivity contribution in [2.75, 3.05) is 12.9 Å². The first-order valence-electron chi connectivity index (χ1n) is 4.17. The summed E-state index contributed by atoms with van der Waals surface area (Å²) in [4.78, 5) is 7.59. The summed E-state index contributed by atoms with van der Waals surface area (Å²) in [5.41, 5.74) is 1.04. The van der Waals surface area contributed by atoms with E-state index >= 15 is 0 Å². The molecular weight excluding hydrogens is 216 g/mol. The molecule has 0 atom stereocenters. The summed E-state index contributed by atoms with van der Waals surface area (Å²) in [5, 5.41) is 6.55. The van der Waals surface area contributed by atoms with Gasteiger partial charge in [-0.3, -0.25) is 4.90 Å². The molecule has 4 nitrogen and oxygen atoms in total. The number of fused-ring (bicyclic) bond motifs is 3. The number of hydrogen-bond acceptors (Lipinski definition) is 6. The summed E-state index contributed by atoms with van der Waals surface area (Å²) in [5.74, 6) is 1.03. The molecule has 3 rings (SSSR count). The topological polar surface area (TPSA) is 31.2 Å². The minimum Gasteiger partial charge on any atom is -0.293 e. The Morgan fingerprint density at radius 3 is 3.36 bits per heavy atom. The van der Waals surface area contributed by atoms with Gasteiger partial charge in [0.2, 0.25) is 0 Å². The van der Waals surface area contributed by atoms with E-state index < -0.39 is 0 Å². The zero-order valence-electron chi connectivity index (χ0n) is 7.54. The summed E-state index contributed by atoms with van der Waals surface area (Å²) in [6, 6.07) is 2.03. The second-order valence-electron chi connectivity index (χ2n) is 2.95. The van der Waals surface area contributed by atoms with Gasteiger partial charge in [-0.1, -0.05) is 0 Å². The predicted octanol–water partition coefficient (Wildman–Crippen LogP) is 1.94. The van der Waals surface area contributed by atoms with E-state index in [0.29, 0.717) is 0 Å². The first-order chi connectivity index (χ1) is 6.88. The molecule has 1 aromatic rings. The van der Waals surface area contributed by atoms with Crippen molar-refractivity contribution in [3.8, 4) is 0 Å². The van der Waals surface area contributed by atoms with Crippen LogP contribution in [0.2, 0.25) is 0 Å². The van der Waals surface area contributed by atoms with Crippen molar-refractivity contribution in [1.29, 1.82) is 0 Å². The lowest BCUT2D eigenvalue weighted by molar-refractivity contribution is 0.456. The van der Waals surface area contributed by atoms with E-state index in [1.807, 2.05) is 23.1 Å². The van der Waals surface area contributed by atoms with Gasteiger partial charge in [-0.25, -0.2) is 9.41 Å². The van der Waals surface area contributed by atoms with E-state index in [1.165, 1.54) is 4.88 Å². The number of amidine groups is 1. The number of aliphatic imine (C=N–C) groups is 1. The number of hydrogen-bond donors (Lipinski definition) is 0. The summed E-state index contributed by atoms with van der Waals surface area (Å²) < 4.78 is 1.95. The van der Waals surface area contributed by atoms with Crippen LogP contribution in [-0.4, -0.2) is 34.4 Å². The molecule has 0 unspecified atom stereocenters. The molecule has 2 aliphatic rings. The Morgan fingerprint density at radius 1 is 1.57 bits per heavy atom. The van der Waals surface area contributed by atoms with E-state index in [1.54, 1.807) is 23.3 Å². The van der Waals surface area contributed by atoms with Crippen LogP contribution < -0.4 is 0 Å². The SMILES string of the molecule is CSN1CN2C=Nc3ccsc3C2=N1. The number of rotatable bonds is 1. The fourth-order valence-electron chi connectivity index (χ4n) is 1.46. The van der Waals surface area contributed by atoms with Crippen molar-refractivity contribution in [3.05, 3.63) is 16.3 Å². The highest BCUT2D eigenvalue weighted by Crippen LogP contribution is 2.32. The highest BCUT2D eigenvalue weighted by atomic mass is 32.2. The maximum atomic E-state index is 4.50. The van der Waals surface area contributed by atoms with E-state index in [2.05, 4.69) is 20.4 Å². The van der Waals surface area contributed by atoms with Crippen molar-refractivity contribution in [3.63, 3.8) is 0 Å². The summed E-state index contributed by atoms with van der Waals surface area (Å²) >= 11 is 3.32. The van der Waals surface area contributed by atoms with Gasteiger partial charge in [0.25, 0.3) is 0 Å². The van der Waals surface area contributed by atoms with Gasteiger partial charge in [0.15, 0.2) is 5.84 Å². The van der Waals surface area contributed by atoms with Crippen LogP contribution in [0.15, 0.2) is 21.5 Å². The fraction of sp³-hybridized carbons (Fsp3) is 0.250. The molecule has 0 radical (unpaired) electrons. The van der Waals surface area contributed by atoms with Crippen LogP contribution in [0.5, 0.6) is 0 Å². The van der Waals surface area contributed by atoms with Crippen molar-refractivity contribution in [2.45, 2.75) is 0 Å². The van der Waals surface area contributed by atoms with Crippen LogP contribution in [0.25, 0.3) is 0 Å². The lowest BCUT2D eigenvalue weighted by Gasteiger charge is -2.17. The van der Waals surface area contributed by atoms with Crippen LogP contribution in [0.1, 0.15) is 4.88 Å². The molecule has 0 saturated carbocycles. The molecule has 72 valence electrons. The standard InChI is InChI=1S/C8H8N4S2/c1-13-12-5-11-4-9-6-2-3-14-7(6)8(11)10-12/h2-4H,5H2,1H3. The van der Waals surface area contributed by atoms with E-state index in [-0.39, 0.29) is 0 Å². The largest absolute Gasteiger partial charge is 0.293 e. The monoisotopic (exact) mass is 224 g/mol. The van der Waals surface area contributed by atoms with E-state index in [0.717, 1.165) is 18.2 Å². The second kappa shape index (κ2) is 2.99. The van der Waals surface area contributed by atoms with Crippen molar-refractivity contribution in [2.24, 2.45) is 10.1 Å². The number of thiophene rings is 1. The Kier molecular flexibility index (Phi) is 1.78. The van der Waals surface area contributed by atoms with Gasteiger partial charge in [0.05, 0.1) is 16.9 Å². The molecule has 2 aliphatic heterocycles. The summed E-state index contributed by atoms with van der Waals surface area (Å²) in [6.45, 7) is 0.789. The molecule has 3 heterocycles. The maximum Gasteiger partial charge on any atom is 0.176 e. The molecule has 0 fully saturated rings. The van der Waals surface area contributed by atoms with Crippen molar-refractivity contribution >= 4 is 41.1 Å². The van der Waals surface area contributed by atoms with Gasteiger partial charge in [0, 0.05) is 6.26 Å². The van der Waals surface area contributed by atoms with Crippen molar-refractivity contribution in [1.82, 2.24) is 9.31 Å². The summed E-state index contributed by atoms with van der Waals surface area (Å²) in [6.07, 6.45) is 3.87. The zero-order chi connectivity index (χ0) is 9.54. The van der Waals surface area contributed by atoms with Gasteiger partial charge < -0.3 is 0 Å². The van der Waals surface area contributed by atoms with E-state index in [9.17, 15) is 0 Å². The molecule has 0 aliphatic carbocycles. The Bertz CT molecular complexity index is 423. The molecule has 0 spiro atoms. The van der Waals surface area contributed by atoms with Gasteiger partial charge in [-0.05, 0) is 23.4 Å². The van der Waals surface area contributed by atoms with E-state index in [4.69, 9.17) is 0 Å². The van der Waals surface area contributed by atoms with Crippen LogP contribution in [0.3, 0.4) is 0 Å². The molecule has 0 bridgehead atoms. The Labute approximate surface area is 90.1 Å². The minimum atomic E-state index is 0.789. The zero-order valence-corrected chi connectivity index (χ0v) is 9.18. The number of nitrogens with zero attached hydrogens (tertiary/aromatic N) is 4. The highest BCUT2D eigenvalue weighted by Gasteiger charge is 2.28. The molecule has 1 aromatic heterocycles. The Morgan fingerprint density at radius 2 is 2.50 bits per heavy atom. The molecule has 6 heteroatoms. The first kappa shape index (κ1) is 8.31. The fourth-order valence-corrected chi connectivity index (χ4v) is 2.70. The quantitative estimate of drug-likeness (QED) is 0.683. The third kappa shape index (κ3) is 1.07. The van der Waals surface area contributed by atoms with Gasteiger partial charge in [-0.15, -0.1) is 16.4 Å².